The first-order valence-electron chi connectivity index (χ1n) is 5.12. The van der Waals surface area contributed by atoms with Crippen molar-refractivity contribution < 1.29 is 9.59 Å². The monoisotopic (exact) mass is 252 g/mol. The van der Waals surface area contributed by atoms with Gasteiger partial charge in [0.2, 0.25) is 0 Å². The third-order valence-corrected chi connectivity index (χ3v) is 2.17. The first kappa shape index (κ1) is 13.7. The molecule has 8 nitrogen and oxygen atoms in total. The molecule has 0 aliphatic heterocycles. The van der Waals surface area contributed by atoms with Gasteiger partial charge in [-0.3, -0.25) is 9.59 Å². The zero-order valence-corrected chi connectivity index (χ0v) is 10.8. The fraction of sp³-hybridized carbons (Fsp3) is 0.400. The molecule has 0 unspecified atom stereocenters. The minimum Gasteiger partial charge on any atom is -0.382 e. The van der Waals surface area contributed by atoms with Gasteiger partial charge in [0.1, 0.15) is 0 Å². The van der Waals surface area contributed by atoms with E-state index in [0.717, 1.165) is 0 Å². The average Bonchev–Trinajstić information content (AvgIpc) is 2.29. The van der Waals surface area contributed by atoms with Crippen LogP contribution in [0, 0.1) is 0 Å². The molecule has 2 amide bonds. The van der Waals surface area contributed by atoms with Crippen LogP contribution in [0.1, 0.15) is 21.0 Å². The minimum absolute atomic E-state index is 0.0622. The van der Waals surface area contributed by atoms with Crippen molar-refractivity contribution in [3.8, 4) is 0 Å². The molecule has 0 fully saturated rings. The first-order chi connectivity index (χ1) is 8.25. The van der Waals surface area contributed by atoms with Crippen LogP contribution in [0.25, 0.3) is 0 Å². The number of rotatable bonds is 2. The molecule has 4 N–H and O–H groups in total. The van der Waals surface area contributed by atoms with Gasteiger partial charge in [0.25, 0.3) is 11.8 Å². The van der Waals surface area contributed by atoms with Gasteiger partial charge in [0.15, 0.2) is 23.0 Å². The summed E-state index contributed by atoms with van der Waals surface area (Å²) in [5.41, 5.74) is 11.1. The van der Waals surface area contributed by atoms with Crippen LogP contribution in [-0.2, 0) is 0 Å². The lowest BCUT2D eigenvalue weighted by Crippen LogP contribution is -2.28. The van der Waals surface area contributed by atoms with Gasteiger partial charge >= 0.3 is 0 Å². The number of hydrogen-bond donors (Lipinski definition) is 2. The predicted octanol–water partition coefficient (Wildman–Crippen LogP) is -0.955. The molecule has 0 atom stereocenters. The summed E-state index contributed by atoms with van der Waals surface area (Å²) in [7, 11) is 6.22. The molecule has 0 saturated carbocycles. The van der Waals surface area contributed by atoms with Gasteiger partial charge in [-0.1, -0.05) is 0 Å². The molecule has 1 rings (SSSR count). The number of aromatic nitrogens is 2. The van der Waals surface area contributed by atoms with E-state index in [2.05, 4.69) is 9.97 Å². The SMILES string of the molecule is CN(C)C(=O)c1nc(N)c(C(=O)N(C)C)nc1N. The number of hydrogen-bond acceptors (Lipinski definition) is 6. The van der Waals surface area contributed by atoms with Crippen molar-refractivity contribution in [3.63, 3.8) is 0 Å². The molecular formula is C10H16N6O2. The number of anilines is 2. The van der Waals surface area contributed by atoms with E-state index in [-0.39, 0.29) is 23.0 Å². The van der Waals surface area contributed by atoms with Gasteiger partial charge in [-0.15, -0.1) is 0 Å². The van der Waals surface area contributed by atoms with Crippen molar-refractivity contribution >= 4 is 23.5 Å². The number of carbonyl (C=O) groups is 2. The number of carbonyl (C=O) groups excluding carboxylic acids is 2. The number of amides is 2. The Morgan fingerprint density at radius 3 is 1.33 bits per heavy atom. The van der Waals surface area contributed by atoms with Crippen molar-refractivity contribution in [2.45, 2.75) is 0 Å². The van der Waals surface area contributed by atoms with Crippen molar-refractivity contribution in [1.82, 2.24) is 19.8 Å². The van der Waals surface area contributed by atoms with E-state index in [1.807, 2.05) is 0 Å². The fourth-order valence-corrected chi connectivity index (χ4v) is 1.20. The van der Waals surface area contributed by atoms with Crippen LogP contribution >= 0.6 is 0 Å². The van der Waals surface area contributed by atoms with E-state index in [9.17, 15) is 9.59 Å². The van der Waals surface area contributed by atoms with Gasteiger partial charge in [0, 0.05) is 28.2 Å². The van der Waals surface area contributed by atoms with E-state index in [1.54, 1.807) is 28.2 Å². The predicted molar refractivity (Wildman–Crippen MR) is 66.9 cm³/mol. The van der Waals surface area contributed by atoms with Gasteiger partial charge in [-0.2, -0.15) is 0 Å². The summed E-state index contributed by atoms with van der Waals surface area (Å²) < 4.78 is 0. The summed E-state index contributed by atoms with van der Waals surface area (Å²) in [6.45, 7) is 0. The highest BCUT2D eigenvalue weighted by atomic mass is 16.2. The Kier molecular flexibility index (Phi) is 3.70. The molecule has 0 aliphatic carbocycles. The standard InChI is InChI=1S/C10H16N6O2/c1-15(2)9(17)5-7(11)14-6(8(12)13-5)10(18)16(3)4/h1-4H3,(H2,12,13)(H2,11,14). The Morgan fingerprint density at radius 2 is 1.11 bits per heavy atom. The molecule has 1 aromatic rings. The van der Waals surface area contributed by atoms with Gasteiger partial charge in [0.05, 0.1) is 0 Å². The smallest absolute Gasteiger partial charge is 0.275 e. The maximum absolute atomic E-state index is 11.7. The van der Waals surface area contributed by atoms with Gasteiger partial charge < -0.3 is 21.3 Å². The lowest BCUT2D eigenvalue weighted by atomic mass is 10.3. The molecule has 0 bridgehead atoms. The van der Waals surface area contributed by atoms with Crippen LogP contribution in [0.3, 0.4) is 0 Å². The Morgan fingerprint density at radius 1 is 0.833 bits per heavy atom. The van der Waals surface area contributed by atoms with E-state index in [0.29, 0.717) is 0 Å². The van der Waals surface area contributed by atoms with E-state index >= 15 is 0 Å². The highest BCUT2D eigenvalue weighted by molar-refractivity contribution is 6.00. The summed E-state index contributed by atoms with van der Waals surface area (Å²) in [5, 5.41) is 0. The second-order valence-corrected chi connectivity index (χ2v) is 4.09. The van der Waals surface area contributed by atoms with E-state index < -0.39 is 11.8 Å². The number of nitrogens with zero attached hydrogens (tertiary/aromatic N) is 4. The van der Waals surface area contributed by atoms with Crippen LogP contribution in [0.4, 0.5) is 11.6 Å². The van der Waals surface area contributed by atoms with Crippen molar-refractivity contribution in [3.05, 3.63) is 11.4 Å². The van der Waals surface area contributed by atoms with Crippen LogP contribution in [-0.4, -0.2) is 59.8 Å². The summed E-state index contributed by atoms with van der Waals surface area (Å²) in [6, 6.07) is 0. The molecule has 8 heteroatoms. The Labute approximate surface area is 105 Å². The number of nitrogen functional groups attached to an aromatic ring is 2. The van der Waals surface area contributed by atoms with Gasteiger partial charge in [-0.25, -0.2) is 9.97 Å². The molecule has 0 aliphatic rings. The molecule has 0 aromatic carbocycles. The normalized spacial score (nSPS) is 10.0. The second-order valence-electron chi connectivity index (χ2n) is 4.09. The molecule has 0 spiro atoms. The molecule has 0 radical (unpaired) electrons. The van der Waals surface area contributed by atoms with Crippen LogP contribution in [0.15, 0.2) is 0 Å². The molecule has 18 heavy (non-hydrogen) atoms. The lowest BCUT2D eigenvalue weighted by Gasteiger charge is -2.14. The van der Waals surface area contributed by atoms with Crippen LogP contribution in [0.2, 0.25) is 0 Å². The third-order valence-electron chi connectivity index (χ3n) is 2.17. The number of nitrogens with two attached hydrogens (primary N) is 2. The molecular weight excluding hydrogens is 236 g/mol. The van der Waals surface area contributed by atoms with Crippen LogP contribution in [0.5, 0.6) is 0 Å². The van der Waals surface area contributed by atoms with Gasteiger partial charge in [-0.05, 0) is 0 Å². The van der Waals surface area contributed by atoms with Crippen molar-refractivity contribution in [1.29, 1.82) is 0 Å². The zero-order valence-electron chi connectivity index (χ0n) is 10.8. The Hall–Kier alpha value is -2.38. The van der Waals surface area contributed by atoms with E-state index in [4.69, 9.17) is 11.5 Å². The maximum atomic E-state index is 11.7. The molecule has 1 aromatic heterocycles. The average molecular weight is 252 g/mol. The second kappa shape index (κ2) is 4.86. The zero-order chi connectivity index (χ0) is 14.0. The molecule has 0 saturated heterocycles. The molecule has 98 valence electrons. The third kappa shape index (κ3) is 2.47. The largest absolute Gasteiger partial charge is 0.382 e. The lowest BCUT2D eigenvalue weighted by molar-refractivity contribution is 0.0809. The highest BCUT2D eigenvalue weighted by Crippen LogP contribution is 2.15. The summed E-state index contributed by atoms with van der Waals surface area (Å²) in [4.78, 5) is 33.7. The van der Waals surface area contributed by atoms with Crippen LogP contribution < -0.4 is 11.5 Å². The Balaban J connectivity index is 3.29. The Bertz CT molecular complexity index is 452. The van der Waals surface area contributed by atoms with Crippen molar-refractivity contribution in [2.75, 3.05) is 39.7 Å². The first-order valence-corrected chi connectivity index (χ1v) is 5.12. The van der Waals surface area contributed by atoms with Crippen molar-refractivity contribution in [2.24, 2.45) is 0 Å². The maximum Gasteiger partial charge on any atom is 0.275 e. The summed E-state index contributed by atoms with van der Waals surface area (Å²) >= 11 is 0. The fourth-order valence-electron chi connectivity index (χ4n) is 1.20. The minimum atomic E-state index is -0.421. The van der Waals surface area contributed by atoms with E-state index in [1.165, 1.54) is 9.80 Å². The summed E-state index contributed by atoms with van der Waals surface area (Å²) in [6.07, 6.45) is 0. The molecule has 1 heterocycles. The highest BCUT2D eigenvalue weighted by Gasteiger charge is 2.21. The quantitative estimate of drug-likeness (QED) is 0.700. The topological polar surface area (TPSA) is 118 Å². The summed E-state index contributed by atoms with van der Waals surface area (Å²) in [5.74, 6) is -1.08.